The van der Waals surface area contributed by atoms with Crippen LogP contribution >= 0.6 is 0 Å². The third-order valence-corrected chi connectivity index (χ3v) is 5.50. The lowest BCUT2D eigenvalue weighted by molar-refractivity contribution is 0.273. The van der Waals surface area contributed by atoms with Crippen molar-refractivity contribution < 1.29 is 24.1 Å². The summed E-state index contributed by atoms with van der Waals surface area (Å²) < 4.78 is 23.3. The Kier molecular flexibility index (Phi) is 5.71. The molecule has 4 aliphatic rings. The van der Waals surface area contributed by atoms with Crippen molar-refractivity contribution in [3.63, 3.8) is 0 Å². The number of benzene rings is 1. The van der Waals surface area contributed by atoms with Gasteiger partial charge in [0.15, 0.2) is 17.3 Å². The highest BCUT2D eigenvalue weighted by Gasteiger charge is 2.20. The molecule has 0 amide bonds. The molecule has 162 valence electrons. The van der Waals surface area contributed by atoms with Crippen LogP contribution < -0.4 is 0 Å². The van der Waals surface area contributed by atoms with E-state index in [1.165, 1.54) is 18.1 Å². The molecular formula is C27H24O5. The van der Waals surface area contributed by atoms with Gasteiger partial charge < -0.3 is 24.1 Å². The van der Waals surface area contributed by atoms with Crippen molar-refractivity contribution in [2.24, 2.45) is 0 Å². The number of hydrogen-bond acceptors (Lipinski definition) is 5. The maximum absolute atomic E-state index is 10.4. The minimum absolute atomic E-state index is 0.0960. The molecule has 1 aromatic rings. The highest BCUT2D eigenvalue weighted by atomic mass is 16.5. The molecule has 2 heterocycles. The average molecular weight is 428 g/mol. The fourth-order valence-corrected chi connectivity index (χ4v) is 3.89. The second-order valence-electron chi connectivity index (χ2n) is 7.90. The molecule has 1 N–H and O–H groups in total. The summed E-state index contributed by atoms with van der Waals surface area (Å²) in [6.07, 6.45) is 23.4. The summed E-state index contributed by atoms with van der Waals surface area (Å²) in [5, 5.41) is 10.4. The van der Waals surface area contributed by atoms with Crippen molar-refractivity contribution in [1.29, 1.82) is 0 Å². The van der Waals surface area contributed by atoms with Gasteiger partial charge in [0.25, 0.3) is 0 Å². The van der Waals surface area contributed by atoms with Crippen LogP contribution in [0.2, 0.25) is 0 Å². The Hall–Kier alpha value is -3.86. The Morgan fingerprint density at radius 3 is 2.12 bits per heavy atom. The highest BCUT2D eigenvalue weighted by Crippen LogP contribution is 2.35. The minimum atomic E-state index is 0.0960. The van der Waals surface area contributed by atoms with Gasteiger partial charge in [0.2, 0.25) is 0 Å². The monoisotopic (exact) mass is 428 g/mol. The lowest BCUT2D eigenvalue weighted by Gasteiger charge is -2.21. The average Bonchev–Trinajstić information content (AvgIpc) is 2.85. The Morgan fingerprint density at radius 2 is 1.41 bits per heavy atom. The van der Waals surface area contributed by atoms with Crippen LogP contribution in [0.1, 0.15) is 43.2 Å². The fraction of sp³-hybridized carbons (Fsp3) is 0.185. The normalized spacial score (nSPS) is 19.6. The number of ether oxygens (including phenoxy) is 4. The van der Waals surface area contributed by atoms with Gasteiger partial charge in [-0.15, -0.1) is 0 Å². The number of phenolic OH excluding ortho intramolecular Hbond substituents is 1. The highest BCUT2D eigenvalue weighted by molar-refractivity contribution is 5.70. The SMILES string of the molecule is Oc1cc(C2=COC=C(CC3=CC=CCC3)O2)cc(C2=COC=C(C3=CC=CCC3)O2)c1. The van der Waals surface area contributed by atoms with Crippen LogP contribution in [0, 0.1) is 0 Å². The number of allylic oxidation sites excluding steroid dienone is 8. The second kappa shape index (κ2) is 9.10. The van der Waals surface area contributed by atoms with Crippen molar-refractivity contribution in [3.05, 3.63) is 113 Å². The molecule has 0 aromatic heterocycles. The Morgan fingerprint density at radius 1 is 0.719 bits per heavy atom. The van der Waals surface area contributed by atoms with E-state index in [4.69, 9.17) is 18.9 Å². The van der Waals surface area contributed by atoms with Gasteiger partial charge in [-0.1, -0.05) is 42.0 Å². The summed E-state index contributed by atoms with van der Waals surface area (Å²) in [6, 6.07) is 5.16. The topological polar surface area (TPSA) is 57.2 Å². The molecule has 0 unspecified atom stereocenters. The summed E-state index contributed by atoms with van der Waals surface area (Å²) in [7, 11) is 0. The molecule has 0 saturated heterocycles. The maximum atomic E-state index is 10.4. The smallest absolute Gasteiger partial charge is 0.169 e. The number of aromatic hydroxyl groups is 1. The third kappa shape index (κ3) is 4.57. The largest absolute Gasteiger partial charge is 0.508 e. The zero-order valence-corrected chi connectivity index (χ0v) is 17.6. The molecule has 2 aliphatic heterocycles. The first-order valence-corrected chi connectivity index (χ1v) is 10.8. The van der Waals surface area contributed by atoms with Crippen molar-refractivity contribution >= 4 is 11.5 Å². The second-order valence-corrected chi connectivity index (χ2v) is 7.90. The molecule has 0 saturated carbocycles. The first-order valence-electron chi connectivity index (χ1n) is 10.8. The van der Waals surface area contributed by atoms with Crippen LogP contribution in [0.15, 0.2) is 102 Å². The molecule has 0 bridgehead atoms. The van der Waals surface area contributed by atoms with Crippen molar-refractivity contribution in [2.75, 3.05) is 0 Å². The van der Waals surface area contributed by atoms with E-state index < -0.39 is 0 Å². The standard InChI is InChI=1S/C27H24O5/c28-23-13-21(26-17-29-15-24(31-26)11-19-7-3-1-4-8-19)12-22(14-23)27-18-30-16-25(32-27)20-9-5-2-6-10-20/h1-3,5,7,9,12-18,28H,4,6,8,10-11H2. The fourth-order valence-electron chi connectivity index (χ4n) is 3.89. The van der Waals surface area contributed by atoms with E-state index in [-0.39, 0.29) is 5.75 Å². The van der Waals surface area contributed by atoms with Crippen LogP contribution in [-0.4, -0.2) is 5.11 Å². The van der Waals surface area contributed by atoms with Crippen LogP contribution in [0.3, 0.4) is 0 Å². The lowest BCUT2D eigenvalue weighted by Crippen LogP contribution is -2.05. The van der Waals surface area contributed by atoms with Gasteiger partial charge in [-0.2, -0.15) is 0 Å². The molecule has 0 radical (unpaired) electrons. The number of phenols is 1. The van der Waals surface area contributed by atoms with Crippen LogP contribution in [0.25, 0.3) is 11.5 Å². The number of hydrogen-bond donors (Lipinski definition) is 1. The summed E-state index contributed by atoms with van der Waals surface area (Å²) in [5.41, 5.74) is 3.73. The predicted molar refractivity (Wildman–Crippen MR) is 122 cm³/mol. The predicted octanol–water partition coefficient (Wildman–Crippen LogP) is 6.71. The number of rotatable bonds is 5. The van der Waals surface area contributed by atoms with E-state index >= 15 is 0 Å². The molecule has 5 nitrogen and oxygen atoms in total. The minimum Gasteiger partial charge on any atom is -0.508 e. The van der Waals surface area contributed by atoms with Gasteiger partial charge in [-0.05, 0) is 49.5 Å². The molecule has 0 spiro atoms. The van der Waals surface area contributed by atoms with E-state index in [1.54, 1.807) is 24.7 Å². The van der Waals surface area contributed by atoms with E-state index in [2.05, 4.69) is 24.3 Å². The van der Waals surface area contributed by atoms with E-state index in [0.29, 0.717) is 34.8 Å². The Bertz CT molecular complexity index is 1150. The maximum Gasteiger partial charge on any atom is 0.169 e. The van der Waals surface area contributed by atoms with Crippen LogP contribution in [0.4, 0.5) is 0 Å². The summed E-state index contributed by atoms with van der Waals surface area (Å²) >= 11 is 0. The van der Waals surface area contributed by atoms with Gasteiger partial charge in [0, 0.05) is 17.5 Å². The van der Waals surface area contributed by atoms with Gasteiger partial charge in [0.05, 0.1) is 0 Å². The van der Waals surface area contributed by atoms with Gasteiger partial charge >= 0.3 is 0 Å². The lowest BCUT2D eigenvalue weighted by atomic mass is 10.0. The Balaban J connectivity index is 1.33. The van der Waals surface area contributed by atoms with E-state index in [9.17, 15) is 5.11 Å². The Labute approximate surface area is 187 Å². The van der Waals surface area contributed by atoms with Crippen molar-refractivity contribution in [3.8, 4) is 5.75 Å². The first kappa shape index (κ1) is 20.1. The summed E-state index contributed by atoms with van der Waals surface area (Å²) in [6.45, 7) is 0. The quantitative estimate of drug-likeness (QED) is 0.565. The van der Waals surface area contributed by atoms with Crippen molar-refractivity contribution in [2.45, 2.75) is 32.1 Å². The molecule has 0 atom stereocenters. The molecule has 5 rings (SSSR count). The van der Waals surface area contributed by atoms with E-state index in [0.717, 1.165) is 37.0 Å². The first-order chi connectivity index (χ1) is 15.7. The third-order valence-electron chi connectivity index (χ3n) is 5.50. The molecular weight excluding hydrogens is 404 g/mol. The molecule has 1 aromatic carbocycles. The summed E-state index contributed by atoms with van der Waals surface area (Å²) in [5.74, 6) is 2.54. The van der Waals surface area contributed by atoms with Crippen LogP contribution in [-0.2, 0) is 18.9 Å². The zero-order valence-electron chi connectivity index (χ0n) is 17.6. The van der Waals surface area contributed by atoms with Crippen LogP contribution in [0.5, 0.6) is 5.75 Å². The zero-order chi connectivity index (χ0) is 21.8. The molecule has 0 fully saturated rings. The van der Waals surface area contributed by atoms with Crippen molar-refractivity contribution in [1.82, 2.24) is 0 Å². The van der Waals surface area contributed by atoms with Gasteiger partial charge in [0.1, 0.15) is 36.6 Å². The van der Waals surface area contributed by atoms with E-state index in [1.807, 2.05) is 18.2 Å². The van der Waals surface area contributed by atoms with Gasteiger partial charge in [-0.25, -0.2) is 0 Å². The van der Waals surface area contributed by atoms with Gasteiger partial charge in [-0.3, -0.25) is 0 Å². The summed E-state index contributed by atoms with van der Waals surface area (Å²) in [4.78, 5) is 0. The molecule has 5 heteroatoms. The molecule has 32 heavy (non-hydrogen) atoms. The molecule has 2 aliphatic carbocycles.